The number of nitrogens with zero attached hydrogens (tertiary/aromatic N) is 1. The van der Waals surface area contributed by atoms with Crippen LogP contribution >= 0.6 is 0 Å². The Labute approximate surface area is 117 Å². The second kappa shape index (κ2) is 10.8. The Morgan fingerprint density at radius 3 is 2.42 bits per heavy atom. The van der Waals surface area contributed by atoms with E-state index in [1.807, 2.05) is 25.4 Å². The molecule has 108 valence electrons. The van der Waals surface area contributed by atoms with Crippen LogP contribution in [0, 0.1) is 0 Å². The fraction of sp³-hybridized carbons (Fsp3) is 0.688. The summed E-state index contributed by atoms with van der Waals surface area (Å²) in [7, 11) is 1.92. The first kappa shape index (κ1) is 16.0. The van der Waals surface area contributed by atoms with Crippen LogP contribution in [0.5, 0.6) is 5.75 Å². The van der Waals surface area contributed by atoms with E-state index in [2.05, 4.69) is 17.2 Å². The molecule has 0 unspecified atom stereocenters. The van der Waals surface area contributed by atoms with Gasteiger partial charge in [-0.05, 0) is 25.6 Å². The monoisotopic (exact) mass is 264 g/mol. The van der Waals surface area contributed by atoms with Crippen LogP contribution in [-0.2, 0) is 6.54 Å². The maximum atomic E-state index is 5.68. The highest BCUT2D eigenvalue weighted by Crippen LogP contribution is 2.11. The van der Waals surface area contributed by atoms with E-state index in [1.54, 1.807) is 0 Å². The smallest absolute Gasteiger partial charge is 0.137 e. The first-order valence-electron chi connectivity index (χ1n) is 7.59. The predicted octanol–water partition coefficient (Wildman–Crippen LogP) is 3.93. The molecule has 1 heterocycles. The van der Waals surface area contributed by atoms with E-state index in [9.17, 15) is 0 Å². The zero-order valence-corrected chi connectivity index (χ0v) is 12.5. The van der Waals surface area contributed by atoms with Crippen molar-refractivity contribution >= 4 is 0 Å². The zero-order valence-electron chi connectivity index (χ0n) is 12.5. The van der Waals surface area contributed by atoms with Crippen LogP contribution in [0.4, 0.5) is 0 Å². The minimum absolute atomic E-state index is 0.804. The average Bonchev–Trinajstić information content (AvgIpc) is 2.44. The van der Waals surface area contributed by atoms with Gasteiger partial charge in [-0.15, -0.1) is 0 Å². The summed E-state index contributed by atoms with van der Waals surface area (Å²) in [4.78, 5) is 4.33. The van der Waals surface area contributed by atoms with Gasteiger partial charge < -0.3 is 10.1 Å². The van der Waals surface area contributed by atoms with Crippen molar-refractivity contribution in [2.75, 3.05) is 13.7 Å². The van der Waals surface area contributed by atoms with Gasteiger partial charge in [-0.3, -0.25) is 4.98 Å². The molecule has 3 nitrogen and oxygen atoms in total. The summed E-state index contributed by atoms with van der Waals surface area (Å²) in [5, 5.41) is 3.08. The maximum Gasteiger partial charge on any atom is 0.137 e. The molecule has 0 atom stereocenters. The SMILES string of the molecule is CCCCCCCCCOc1ccc(CNC)nc1. The molecule has 0 aliphatic heterocycles. The van der Waals surface area contributed by atoms with Crippen LogP contribution in [0.15, 0.2) is 18.3 Å². The number of rotatable bonds is 11. The molecule has 0 bridgehead atoms. The molecule has 1 aromatic heterocycles. The highest BCUT2D eigenvalue weighted by atomic mass is 16.5. The third-order valence-electron chi connectivity index (χ3n) is 3.17. The third kappa shape index (κ3) is 7.83. The molecule has 1 rings (SSSR count). The highest BCUT2D eigenvalue weighted by Gasteiger charge is 1.96. The van der Waals surface area contributed by atoms with E-state index in [0.717, 1.165) is 31.0 Å². The van der Waals surface area contributed by atoms with Gasteiger partial charge in [0.2, 0.25) is 0 Å². The first-order chi connectivity index (χ1) is 9.36. The molecule has 1 aromatic rings. The van der Waals surface area contributed by atoms with Crippen LogP contribution in [0.2, 0.25) is 0 Å². The van der Waals surface area contributed by atoms with Gasteiger partial charge in [-0.2, -0.15) is 0 Å². The molecule has 0 saturated heterocycles. The number of nitrogens with one attached hydrogen (secondary N) is 1. The molecule has 0 fully saturated rings. The molecular weight excluding hydrogens is 236 g/mol. The summed E-state index contributed by atoms with van der Waals surface area (Å²) in [6.45, 7) is 3.86. The van der Waals surface area contributed by atoms with Crippen molar-refractivity contribution in [1.29, 1.82) is 0 Å². The minimum atomic E-state index is 0.804. The van der Waals surface area contributed by atoms with Gasteiger partial charge in [-0.25, -0.2) is 0 Å². The Morgan fingerprint density at radius 1 is 1.05 bits per heavy atom. The predicted molar refractivity (Wildman–Crippen MR) is 80.5 cm³/mol. The van der Waals surface area contributed by atoms with Crippen LogP contribution in [0.3, 0.4) is 0 Å². The Morgan fingerprint density at radius 2 is 1.79 bits per heavy atom. The molecule has 19 heavy (non-hydrogen) atoms. The number of hydrogen-bond donors (Lipinski definition) is 1. The van der Waals surface area contributed by atoms with Crippen molar-refractivity contribution in [2.24, 2.45) is 0 Å². The molecule has 1 N–H and O–H groups in total. The molecular formula is C16H28N2O. The molecule has 0 aromatic carbocycles. The van der Waals surface area contributed by atoms with Gasteiger partial charge in [0, 0.05) is 6.54 Å². The second-order valence-corrected chi connectivity index (χ2v) is 4.99. The summed E-state index contributed by atoms with van der Waals surface area (Å²) in [6, 6.07) is 4.01. The van der Waals surface area contributed by atoms with Crippen LogP contribution < -0.4 is 10.1 Å². The molecule has 0 saturated carbocycles. The lowest BCUT2D eigenvalue weighted by Gasteiger charge is -2.06. The summed E-state index contributed by atoms with van der Waals surface area (Å²) in [5.74, 6) is 0.880. The first-order valence-corrected chi connectivity index (χ1v) is 7.59. The van der Waals surface area contributed by atoms with E-state index in [1.165, 1.54) is 38.5 Å². The van der Waals surface area contributed by atoms with E-state index in [-0.39, 0.29) is 0 Å². The van der Waals surface area contributed by atoms with Crippen LogP contribution in [-0.4, -0.2) is 18.6 Å². The summed E-state index contributed by atoms with van der Waals surface area (Å²) >= 11 is 0. The summed E-state index contributed by atoms with van der Waals surface area (Å²) in [5.41, 5.74) is 1.05. The molecule has 0 spiro atoms. The van der Waals surface area contributed by atoms with Gasteiger partial charge in [-0.1, -0.05) is 45.4 Å². The fourth-order valence-corrected chi connectivity index (χ4v) is 2.03. The number of unbranched alkanes of at least 4 members (excludes halogenated alkanes) is 6. The Kier molecular flexibility index (Phi) is 9.07. The highest BCUT2D eigenvalue weighted by molar-refractivity contribution is 5.19. The van der Waals surface area contributed by atoms with Crippen molar-refractivity contribution in [3.8, 4) is 5.75 Å². The number of pyridine rings is 1. The third-order valence-corrected chi connectivity index (χ3v) is 3.17. The lowest BCUT2D eigenvalue weighted by atomic mass is 10.1. The van der Waals surface area contributed by atoms with Gasteiger partial charge >= 0.3 is 0 Å². The van der Waals surface area contributed by atoms with Gasteiger partial charge in [0.15, 0.2) is 0 Å². The lowest BCUT2D eigenvalue weighted by Crippen LogP contribution is -2.06. The van der Waals surface area contributed by atoms with E-state index >= 15 is 0 Å². The van der Waals surface area contributed by atoms with Crippen molar-refractivity contribution in [3.63, 3.8) is 0 Å². The average molecular weight is 264 g/mol. The molecule has 0 amide bonds. The van der Waals surface area contributed by atoms with Crippen molar-refractivity contribution in [1.82, 2.24) is 10.3 Å². The quantitative estimate of drug-likeness (QED) is 0.615. The number of aromatic nitrogens is 1. The van der Waals surface area contributed by atoms with Crippen LogP contribution in [0.1, 0.15) is 57.6 Å². The molecule has 3 heteroatoms. The van der Waals surface area contributed by atoms with Gasteiger partial charge in [0.25, 0.3) is 0 Å². The Balaban J connectivity index is 2.02. The van der Waals surface area contributed by atoms with E-state index in [0.29, 0.717) is 0 Å². The second-order valence-electron chi connectivity index (χ2n) is 4.99. The fourth-order valence-electron chi connectivity index (χ4n) is 2.03. The Bertz CT molecular complexity index is 311. The molecule has 0 aliphatic rings. The van der Waals surface area contributed by atoms with Crippen molar-refractivity contribution < 1.29 is 4.74 Å². The Hall–Kier alpha value is -1.09. The van der Waals surface area contributed by atoms with Gasteiger partial charge in [0.1, 0.15) is 5.75 Å². The summed E-state index contributed by atoms with van der Waals surface area (Å²) in [6.07, 6.45) is 11.0. The van der Waals surface area contributed by atoms with Gasteiger partial charge in [0.05, 0.1) is 18.5 Å². The lowest BCUT2D eigenvalue weighted by molar-refractivity contribution is 0.303. The number of ether oxygens (including phenoxy) is 1. The maximum absolute atomic E-state index is 5.68. The summed E-state index contributed by atoms with van der Waals surface area (Å²) < 4.78 is 5.68. The topological polar surface area (TPSA) is 34.1 Å². The standard InChI is InChI=1S/C16H28N2O/c1-3-4-5-6-7-8-9-12-19-16-11-10-15(13-17-2)18-14-16/h10-11,14,17H,3-9,12-13H2,1-2H3. The minimum Gasteiger partial charge on any atom is -0.492 e. The van der Waals surface area contributed by atoms with Crippen molar-refractivity contribution in [2.45, 2.75) is 58.4 Å². The van der Waals surface area contributed by atoms with E-state index < -0.39 is 0 Å². The van der Waals surface area contributed by atoms with E-state index in [4.69, 9.17) is 4.74 Å². The normalized spacial score (nSPS) is 10.6. The molecule has 0 aliphatic carbocycles. The number of hydrogen-bond acceptors (Lipinski definition) is 3. The zero-order chi connectivity index (χ0) is 13.8. The molecule has 0 radical (unpaired) electrons. The van der Waals surface area contributed by atoms with Crippen LogP contribution in [0.25, 0.3) is 0 Å². The largest absolute Gasteiger partial charge is 0.492 e. The van der Waals surface area contributed by atoms with Crippen molar-refractivity contribution in [3.05, 3.63) is 24.0 Å².